The average molecular weight is 317 g/mol. The van der Waals surface area contributed by atoms with Gasteiger partial charge in [0.15, 0.2) is 0 Å². The summed E-state index contributed by atoms with van der Waals surface area (Å²) in [7, 11) is 0. The second-order valence-corrected chi connectivity index (χ2v) is 6.34. The molecule has 2 aromatic rings. The van der Waals surface area contributed by atoms with E-state index in [1.54, 1.807) is 0 Å². The van der Waals surface area contributed by atoms with E-state index in [0.29, 0.717) is 5.13 Å². The van der Waals surface area contributed by atoms with E-state index in [0.717, 1.165) is 29.5 Å². The molecule has 22 heavy (non-hydrogen) atoms. The minimum absolute atomic E-state index is 0.301. The lowest BCUT2D eigenvalue weighted by Gasteiger charge is -2.25. The number of carbonyl (C=O) groups excluding carboxylic acids is 1. The molecule has 116 valence electrons. The lowest BCUT2D eigenvalue weighted by atomic mass is 10.1. The predicted octanol–water partition coefficient (Wildman–Crippen LogP) is 3.48. The van der Waals surface area contributed by atoms with Crippen LogP contribution in [0.15, 0.2) is 24.3 Å². The highest BCUT2D eigenvalue weighted by atomic mass is 32.1. The zero-order chi connectivity index (χ0) is 15.4. The number of anilines is 3. The third kappa shape index (κ3) is 3.73. The monoisotopic (exact) mass is 317 g/mol. The molecule has 0 aliphatic carbocycles. The summed E-state index contributed by atoms with van der Waals surface area (Å²) >= 11 is 1.41. The van der Waals surface area contributed by atoms with Crippen LogP contribution in [0.5, 0.6) is 0 Å². The van der Waals surface area contributed by atoms with E-state index in [-0.39, 0.29) is 6.03 Å². The largest absolute Gasteiger partial charge is 0.347 e. The molecule has 0 unspecified atom stereocenters. The van der Waals surface area contributed by atoms with Gasteiger partial charge < -0.3 is 10.2 Å². The predicted molar refractivity (Wildman–Crippen MR) is 89.8 cm³/mol. The molecule has 1 aromatic heterocycles. The molecule has 1 aromatic carbocycles. The fraction of sp³-hybridized carbons (Fsp3) is 0.400. The molecule has 0 saturated carbocycles. The number of piperidine rings is 1. The molecule has 2 heterocycles. The standard InChI is InChI=1S/C15H19N5OS/c1-11-5-7-12(8-6-11)16-13(21)17-14-18-19-15(22-14)20-9-3-2-4-10-20/h5-8H,2-4,9-10H2,1H3,(H2,16,17,18,21). The van der Waals surface area contributed by atoms with E-state index in [2.05, 4.69) is 25.7 Å². The van der Waals surface area contributed by atoms with Crippen LogP contribution in [0.3, 0.4) is 0 Å². The number of amides is 2. The quantitative estimate of drug-likeness (QED) is 0.909. The number of aromatic nitrogens is 2. The summed E-state index contributed by atoms with van der Waals surface area (Å²) < 4.78 is 0. The summed E-state index contributed by atoms with van der Waals surface area (Å²) in [6, 6.07) is 7.34. The van der Waals surface area contributed by atoms with Gasteiger partial charge in [-0.05, 0) is 38.3 Å². The molecule has 0 spiro atoms. The van der Waals surface area contributed by atoms with Gasteiger partial charge in [0, 0.05) is 18.8 Å². The third-order valence-corrected chi connectivity index (χ3v) is 4.47. The number of urea groups is 1. The Labute approximate surface area is 133 Å². The molecule has 6 nitrogen and oxygen atoms in total. The topological polar surface area (TPSA) is 70.1 Å². The van der Waals surface area contributed by atoms with Crippen LogP contribution < -0.4 is 15.5 Å². The van der Waals surface area contributed by atoms with E-state index in [9.17, 15) is 4.79 Å². The number of rotatable bonds is 3. The molecule has 0 atom stereocenters. The Morgan fingerprint density at radius 1 is 1.09 bits per heavy atom. The molecule has 3 rings (SSSR count). The van der Waals surface area contributed by atoms with Gasteiger partial charge in [0.25, 0.3) is 0 Å². The summed E-state index contributed by atoms with van der Waals surface area (Å²) in [5, 5.41) is 15.1. The number of nitrogens with zero attached hydrogens (tertiary/aromatic N) is 3. The zero-order valence-electron chi connectivity index (χ0n) is 12.5. The van der Waals surface area contributed by atoms with Gasteiger partial charge in [0.05, 0.1) is 0 Å². The van der Waals surface area contributed by atoms with Gasteiger partial charge in [-0.3, -0.25) is 5.32 Å². The van der Waals surface area contributed by atoms with Crippen molar-refractivity contribution in [2.24, 2.45) is 0 Å². The SMILES string of the molecule is Cc1ccc(NC(=O)Nc2nnc(N3CCCCC3)s2)cc1. The summed E-state index contributed by atoms with van der Waals surface area (Å²) in [6.07, 6.45) is 3.66. The van der Waals surface area contributed by atoms with Crippen molar-refractivity contribution < 1.29 is 4.79 Å². The molecule has 1 saturated heterocycles. The van der Waals surface area contributed by atoms with Crippen LogP contribution in [-0.2, 0) is 0 Å². The van der Waals surface area contributed by atoms with Crippen molar-refractivity contribution >= 4 is 33.3 Å². The van der Waals surface area contributed by atoms with Gasteiger partial charge in [-0.2, -0.15) is 0 Å². The first kappa shape index (κ1) is 14.8. The maximum atomic E-state index is 12.0. The first-order chi connectivity index (χ1) is 10.7. The van der Waals surface area contributed by atoms with Crippen LogP contribution in [0.25, 0.3) is 0 Å². The molecular formula is C15H19N5OS. The van der Waals surface area contributed by atoms with Gasteiger partial charge in [-0.15, -0.1) is 10.2 Å². The number of hydrogen-bond acceptors (Lipinski definition) is 5. The first-order valence-corrected chi connectivity index (χ1v) is 8.25. The normalized spacial score (nSPS) is 14.7. The van der Waals surface area contributed by atoms with Crippen LogP contribution in [-0.4, -0.2) is 29.3 Å². The number of aryl methyl sites for hydroxylation is 1. The van der Waals surface area contributed by atoms with Crippen molar-refractivity contribution in [1.82, 2.24) is 10.2 Å². The zero-order valence-corrected chi connectivity index (χ0v) is 13.3. The Hall–Kier alpha value is -2.15. The highest BCUT2D eigenvalue weighted by Crippen LogP contribution is 2.26. The first-order valence-electron chi connectivity index (χ1n) is 7.44. The van der Waals surface area contributed by atoms with Crippen molar-refractivity contribution in [2.75, 3.05) is 28.6 Å². The van der Waals surface area contributed by atoms with Crippen LogP contribution >= 0.6 is 11.3 Å². The fourth-order valence-corrected chi connectivity index (χ4v) is 3.17. The van der Waals surface area contributed by atoms with Crippen molar-refractivity contribution in [3.8, 4) is 0 Å². The number of nitrogens with one attached hydrogen (secondary N) is 2. The molecule has 2 amide bonds. The van der Waals surface area contributed by atoms with Gasteiger partial charge in [0.2, 0.25) is 10.3 Å². The highest BCUT2D eigenvalue weighted by Gasteiger charge is 2.16. The molecule has 1 aliphatic heterocycles. The Morgan fingerprint density at radius 3 is 2.55 bits per heavy atom. The Morgan fingerprint density at radius 2 is 1.82 bits per heavy atom. The fourth-order valence-electron chi connectivity index (χ4n) is 2.38. The van der Waals surface area contributed by atoms with E-state index in [1.807, 2.05) is 31.2 Å². The third-order valence-electron chi connectivity index (χ3n) is 3.57. The number of carbonyl (C=O) groups is 1. The molecular weight excluding hydrogens is 298 g/mol. The highest BCUT2D eigenvalue weighted by molar-refractivity contribution is 7.19. The van der Waals surface area contributed by atoms with Crippen molar-refractivity contribution in [3.05, 3.63) is 29.8 Å². The molecule has 0 bridgehead atoms. The summed E-state index contributed by atoms with van der Waals surface area (Å²) in [5.74, 6) is 0. The maximum absolute atomic E-state index is 12.0. The molecule has 1 fully saturated rings. The lowest BCUT2D eigenvalue weighted by molar-refractivity contribution is 0.262. The molecule has 7 heteroatoms. The van der Waals surface area contributed by atoms with Crippen LogP contribution in [0.4, 0.5) is 20.7 Å². The minimum Gasteiger partial charge on any atom is -0.347 e. The molecule has 0 radical (unpaired) electrons. The van der Waals surface area contributed by atoms with E-state index >= 15 is 0 Å². The summed E-state index contributed by atoms with van der Waals surface area (Å²) in [5.41, 5.74) is 1.91. The van der Waals surface area contributed by atoms with Crippen molar-refractivity contribution in [1.29, 1.82) is 0 Å². The second kappa shape index (κ2) is 6.74. The van der Waals surface area contributed by atoms with Crippen molar-refractivity contribution in [3.63, 3.8) is 0 Å². The minimum atomic E-state index is -0.301. The van der Waals surface area contributed by atoms with Gasteiger partial charge >= 0.3 is 6.03 Å². The van der Waals surface area contributed by atoms with E-state index in [1.165, 1.54) is 30.6 Å². The Balaban J connectivity index is 1.57. The van der Waals surface area contributed by atoms with Gasteiger partial charge in [-0.1, -0.05) is 29.0 Å². The second-order valence-electron chi connectivity index (χ2n) is 5.38. The average Bonchev–Trinajstić information content (AvgIpc) is 2.99. The van der Waals surface area contributed by atoms with Gasteiger partial charge in [0.1, 0.15) is 0 Å². The summed E-state index contributed by atoms with van der Waals surface area (Å²) in [6.45, 7) is 4.04. The van der Waals surface area contributed by atoms with Crippen molar-refractivity contribution in [2.45, 2.75) is 26.2 Å². The van der Waals surface area contributed by atoms with Crippen LogP contribution in [0, 0.1) is 6.92 Å². The summed E-state index contributed by atoms with van der Waals surface area (Å²) in [4.78, 5) is 14.2. The molecule has 2 N–H and O–H groups in total. The Bertz CT molecular complexity index is 634. The Kier molecular flexibility index (Phi) is 4.53. The van der Waals surface area contributed by atoms with E-state index in [4.69, 9.17) is 0 Å². The smallest absolute Gasteiger partial charge is 0.325 e. The lowest BCUT2D eigenvalue weighted by Crippen LogP contribution is -2.29. The number of hydrogen-bond donors (Lipinski definition) is 2. The maximum Gasteiger partial charge on any atom is 0.325 e. The number of benzene rings is 1. The van der Waals surface area contributed by atoms with Crippen LogP contribution in [0.2, 0.25) is 0 Å². The van der Waals surface area contributed by atoms with Gasteiger partial charge in [-0.25, -0.2) is 4.79 Å². The van der Waals surface area contributed by atoms with Crippen LogP contribution in [0.1, 0.15) is 24.8 Å². The van der Waals surface area contributed by atoms with E-state index < -0.39 is 0 Å². The molecule has 1 aliphatic rings.